The minimum absolute atomic E-state index is 0.0682. The van der Waals surface area contributed by atoms with Crippen molar-refractivity contribution in [2.45, 2.75) is 30.7 Å². The van der Waals surface area contributed by atoms with Gasteiger partial charge in [-0.15, -0.1) is 0 Å². The predicted octanol–water partition coefficient (Wildman–Crippen LogP) is 3.17. The summed E-state index contributed by atoms with van der Waals surface area (Å²) in [7, 11) is -3.35. The van der Waals surface area contributed by atoms with Gasteiger partial charge in [0.25, 0.3) is 0 Å². The minimum atomic E-state index is -3.35. The van der Waals surface area contributed by atoms with Gasteiger partial charge in [-0.2, -0.15) is 4.31 Å². The maximum absolute atomic E-state index is 12.6. The second-order valence-electron chi connectivity index (χ2n) is 5.65. The summed E-state index contributed by atoms with van der Waals surface area (Å²) in [6.07, 6.45) is 0. The normalized spacial score (nSPS) is 22.8. The molecule has 4 heteroatoms. The van der Waals surface area contributed by atoms with E-state index in [0.717, 1.165) is 5.56 Å². The first-order valence-electron chi connectivity index (χ1n) is 7.13. The van der Waals surface area contributed by atoms with E-state index in [-0.39, 0.29) is 12.0 Å². The number of aryl methyl sites for hydroxylation is 1. The lowest BCUT2D eigenvalue weighted by molar-refractivity contribution is 0.540. The molecule has 2 aromatic carbocycles. The Hall–Kier alpha value is -1.65. The Labute approximate surface area is 126 Å². The van der Waals surface area contributed by atoms with E-state index in [1.54, 1.807) is 16.4 Å². The zero-order valence-electron chi connectivity index (χ0n) is 12.2. The van der Waals surface area contributed by atoms with Gasteiger partial charge in [-0.3, -0.25) is 0 Å². The molecule has 1 aliphatic rings. The highest BCUT2D eigenvalue weighted by Crippen LogP contribution is 2.37. The third-order valence-corrected chi connectivity index (χ3v) is 6.04. The van der Waals surface area contributed by atoms with E-state index < -0.39 is 10.0 Å². The fourth-order valence-corrected chi connectivity index (χ4v) is 4.28. The number of hydrogen-bond donors (Lipinski definition) is 0. The van der Waals surface area contributed by atoms with Crippen LogP contribution in [0.25, 0.3) is 0 Å². The molecule has 1 unspecified atom stereocenters. The fourth-order valence-electron chi connectivity index (χ4n) is 2.65. The van der Waals surface area contributed by atoms with Gasteiger partial charge in [-0.1, -0.05) is 55.0 Å². The molecule has 0 spiro atoms. The second kappa shape index (κ2) is 5.28. The molecule has 0 aliphatic carbocycles. The van der Waals surface area contributed by atoms with Crippen LogP contribution < -0.4 is 0 Å². The lowest BCUT2D eigenvalue weighted by atomic mass is 9.98. The van der Waals surface area contributed by atoms with Crippen LogP contribution in [0.3, 0.4) is 0 Å². The van der Waals surface area contributed by atoms with Gasteiger partial charge >= 0.3 is 0 Å². The minimum Gasteiger partial charge on any atom is -0.207 e. The monoisotopic (exact) mass is 301 g/mol. The molecule has 3 nitrogen and oxygen atoms in total. The molecule has 0 N–H and O–H groups in total. The fraction of sp³-hybridized carbons (Fsp3) is 0.294. The van der Waals surface area contributed by atoms with E-state index in [1.807, 2.05) is 37.3 Å². The number of rotatable bonds is 4. The molecular weight excluding hydrogens is 282 g/mol. The van der Waals surface area contributed by atoms with Crippen LogP contribution in [-0.4, -0.2) is 25.3 Å². The van der Waals surface area contributed by atoms with Crippen molar-refractivity contribution in [1.29, 1.82) is 0 Å². The van der Waals surface area contributed by atoms with Crippen molar-refractivity contribution >= 4 is 10.0 Å². The molecule has 0 radical (unpaired) electrons. The van der Waals surface area contributed by atoms with Crippen LogP contribution in [-0.2, 0) is 10.0 Å². The maximum atomic E-state index is 12.6. The molecule has 110 valence electrons. The molecule has 0 saturated carbocycles. The van der Waals surface area contributed by atoms with Gasteiger partial charge in [0.1, 0.15) is 0 Å². The van der Waals surface area contributed by atoms with Gasteiger partial charge < -0.3 is 0 Å². The van der Waals surface area contributed by atoms with Crippen molar-refractivity contribution in [1.82, 2.24) is 4.31 Å². The van der Waals surface area contributed by atoms with Crippen LogP contribution in [0.2, 0.25) is 0 Å². The average molecular weight is 301 g/mol. The Balaban J connectivity index is 1.79. The van der Waals surface area contributed by atoms with Crippen LogP contribution in [0.4, 0.5) is 0 Å². The number of nitrogens with zero attached hydrogens (tertiary/aromatic N) is 1. The molecule has 0 amide bonds. The number of hydrogen-bond acceptors (Lipinski definition) is 2. The topological polar surface area (TPSA) is 37.1 Å². The molecular formula is C17H19NO2S. The third-order valence-electron chi connectivity index (χ3n) is 4.13. The Morgan fingerprint density at radius 1 is 1.05 bits per heavy atom. The van der Waals surface area contributed by atoms with Crippen LogP contribution in [0.1, 0.15) is 24.0 Å². The molecule has 21 heavy (non-hydrogen) atoms. The first-order chi connectivity index (χ1) is 10.00. The largest absolute Gasteiger partial charge is 0.243 e. The SMILES string of the molecule is Cc1ccc(S(=O)(=O)N2C[C@H]2[C@@H](C)c2ccccc2)cc1. The first kappa shape index (κ1) is 14.3. The van der Waals surface area contributed by atoms with Crippen LogP contribution in [0.5, 0.6) is 0 Å². The maximum Gasteiger partial charge on any atom is 0.243 e. The molecule has 3 atom stereocenters. The molecule has 0 bridgehead atoms. The average Bonchev–Trinajstić information content (AvgIpc) is 3.29. The summed E-state index contributed by atoms with van der Waals surface area (Å²) in [5.74, 6) is 0.214. The highest BCUT2D eigenvalue weighted by molar-refractivity contribution is 7.89. The van der Waals surface area contributed by atoms with Crippen molar-refractivity contribution in [3.63, 3.8) is 0 Å². The first-order valence-corrected chi connectivity index (χ1v) is 8.57. The van der Waals surface area contributed by atoms with E-state index in [0.29, 0.717) is 11.4 Å². The Kier molecular flexibility index (Phi) is 3.59. The third kappa shape index (κ3) is 2.74. The van der Waals surface area contributed by atoms with Crippen LogP contribution in [0, 0.1) is 6.92 Å². The molecule has 0 aromatic heterocycles. The predicted molar refractivity (Wildman–Crippen MR) is 83.7 cm³/mol. The van der Waals surface area contributed by atoms with Crippen molar-refractivity contribution in [3.8, 4) is 0 Å². The van der Waals surface area contributed by atoms with E-state index in [4.69, 9.17) is 0 Å². The van der Waals surface area contributed by atoms with Crippen LogP contribution in [0.15, 0.2) is 59.5 Å². The molecule has 2 aromatic rings. The molecule has 1 saturated heterocycles. The second-order valence-corrected chi connectivity index (χ2v) is 7.55. The lowest BCUT2D eigenvalue weighted by Gasteiger charge is -2.12. The quantitative estimate of drug-likeness (QED) is 0.813. The van der Waals surface area contributed by atoms with Gasteiger partial charge in [0.05, 0.1) is 4.90 Å². The Bertz CT molecular complexity index is 723. The van der Waals surface area contributed by atoms with E-state index in [2.05, 4.69) is 19.1 Å². The number of sulfonamides is 1. The van der Waals surface area contributed by atoms with Gasteiger partial charge in [0.15, 0.2) is 0 Å². The van der Waals surface area contributed by atoms with Crippen molar-refractivity contribution < 1.29 is 8.42 Å². The summed E-state index contributed by atoms with van der Waals surface area (Å²) < 4.78 is 26.7. The van der Waals surface area contributed by atoms with E-state index in [1.165, 1.54) is 5.56 Å². The van der Waals surface area contributed by atoms with Gasteiger partial charge in [0, 0.05) is 12.6 Å². The summed E-state index contributed by atoms with van der Waals surface area (Å²) in [4.78, 5) is 0.385. The van der Waals surface area contributed by atoms with E-state index >= 15 is 0 Å². The highest BCUT2D eigenvalue weighted by Gasteiger charge is 2.47. The standard InChI is InChI=1S/C17H19NO2S/c1-13-8-10-16(11-9-13)21(19,20)18-12-17(18)14(2)15-6-4-3-5-7-15/h3-11,14,17H,12H2,1-2H3/t14-,17-,18?/m0/s1. The van der Waals surface area contributed by atoms with Crippen molar-refractivity contribution in [2.75, 3.05) is 6.54 Å². The van der Waals surface area contributed by atoms with Crippen molar-refractivity contribution in [2.24, 2.45) is 0 Å². The van der Waals surface area contributed by atoms with Gasteiger partial charge in [0.2, 0.25) is 10.0 Å². The van der Waals surface area contributed by atoms with E-state index in [9.17, 15) is 8.42 Å². The lowest BCUT2D eigenvalue weighted by Crippen LogP contribution is -2.17. The van der Waals surface area contributed by atoms with Gasteiger partial charge in [-0.25, -0.2) is 8.42 Å². The summed E-state index contributed by atoms with van der Waals surface area (Å²) in [5.41, 5.74) is 2.25. The molecule has 1 heterocycles. The molecule has 1 fully saturated rings. The summed E-state index contributed by atoms with van der Waals surface area (Å²) >= 11 is 0. The molecule has 3 rings (SSSR count). The van der Waals surface area contributed by atoms with Crippen molar-refractivity contribution in [3.05, 3.63) is 65.7 Å². The van der Waals surface area contributed by atoms with Crippen LogP contribution >= 0.6 is 0 Å². The Morgan fingerprint density at radius 3 is 2.29 bits per heavy atom. The summed E-state index contributed by atoms with van der Waals surface area (Å²) in [6, 6.07) is 17.2. The summed E-state index contributed by atoms with van der Waals surface area (Å²) in [5, 5.41) is 0. The summed E-state index contributed by atoms with van der Waals surface area (Å²) in [6.45, 7) is 4.64. The number of benzene rings is 2. The zero-order valence-corrected chi connectivity index (χ0v) is 13.0. The molecule has 1 aliphatic heterocycles. The smallest absolute Gasteiger partial charge is 0.207 e. The highest BCUT2D eigenvalue weighted by atomic mass is 32.2. The Morgan fingerprint density at radius 2 is 1.67 bits per heavy atom. The van der Waals surface area contributed by atoms with Gasteiger partial charge in [-0.05, 0) is 30.5 Å². The zero-order chi connectivity index (χ0) is 15.0.